The summed E-state index contributed by atoms with van der Waals surface area (Å²) >= 11 is 0. The van der Waals surface area contributed by atoms with Crippen LogP contribution in [-0.2, 0) is 6.42 Å². The van der Waals surface area contributed by atoms with Gasteiger partial charge in [0.05, 0.1) is 6.61 Å². The average Bonchev–Trinajstić information content (AvgIpc) is 2.54. The van der Waals surface area contributed by atoms with Gasteiger partial charge in [-0.25, -0.2) is 0 Å². The summed E-state index contributed by atoms with van der Waals surface area (Å²) in [7, 11) is 0. The Hall–Kier alpha value is -0.730. The summed E-state index contributed by atoms with van der Waals surface area (Å²) in [5.41, 5.74) is 8.98. The third-order valence-corrected chi connectivity index (χ3v) is 4.63. The zero-order chi connectivity index (χ0) is 15.1. The number of rotatable bonds is 7. The van der Waals surface area contributed by atoms with Crippen LogP contribution in [0.1, 0.15) is 75.8 Å². The Bertz CT molecular complexity index is 429. The van der Waals surface area contributed by atoms with Crippen molar-refractivity contribution in [3.8, 4) is 5.75 Å². The van der Waals surface area contributed by atoms with E-state index in [0.29, 0.717) is 0 Å². The third kappa shape index (κ3) is 5.48. The van der Waals surface area contributed by atoms with Crippen molar-refractivity contribution >= 4 is 12.4 Å². The molecule has 1 aromatic rings. The highest BCUT2D eigenvalue weighted by atomic mass is 35.5. The minimum atomic E-state index is 0. The number of hydrogen-bond donors (Lipinski definition) is 1. The lowest BCUT2D eigenvalue weighted by molar-refractivity contribution is 0.313. The lowest BCUT2D eigenvalue weighted by Gasteiger charge is -2.24. The van der Waals surface area contributed by atoms with Crippen LogP contribution in [0.4, 0.5) is 0 Å². The van der Waals surface area contributed by atoms with Crippen LogP contribution < -0.4 is 10.5 Å². The van der Waals surface area contributed by atoms with Gasteiger partial charge in [0.25, 0.3) is 0 Å². The lowest BCUT2D eigenvalue weighted by Crippen LogP contribution is -2.22. The Labute approximate surface area is 142 Å². The van der Waals surface area contributed by atoms with Crippen molar-refractivity contribution in [2.45, 2.75) is 77.2 Å². The maximum atomic E-state index is 6.18. The number of halogens is 1. The molecule has 0 aromatic heterocycles. The first-order valence-corrected chi connectivity index (χ1v) is 8.75. The van der Waals surface area contributed by atoms with Gasteiger partial charge in [0.15, 0.2) is 0 Å². The van der Waals surface area contributed by atoms with Gasteiger partial charge in [0.1, 0.15) is 5.75 Å². The van der Waals surface area contributed by atoms with Gasteiger partial charge >= 0.3 is 0 Å². The molecule has 126 valence electrons. The molecule has 0 spiro atoms. The zero-order valence-corrected chi connectivity index (χ0v) is 15.0. The summed E-state index contributed by atoms with van der Waals surface area (Å²) in [6.07, 6.45) is 9.83. The molecule has 2 N–H and O–H groups in total. The van der Waals surface area contributed by atoms with Gasteiger partial charge in [-0.3, -0.25) is 0 Å². The van der Waals surface area contributed by atoms with Gasteiger partial charge in [-0.1, -0.05) is 45.2 Å². The molecule has 0 bridgehead atoms. The summed E-state index contributed by atoms with van der Waals surface area (Å²) in [4.78, 5) is 0. The highest BCUT2D eigenvalue weighted by Crippen LogP contribution is 2.35. The molecule has 0 amide bonds. The quantitative estimate of drug-likeness (QED) is 0.745. The van der Waals surface area contributed by atoms with Crippen LogP contribution >= 0.6 is 12.4 Å². The fourth-order valence-electron chi connectivity index (χ4n) is 3.23. The minimum absolute atomic E-state index is 0. The van der Waals surface area contributed by atoms with Crippen molar-refractivity contribution in [3.63, 3.8) is 0 Å². The fourth-order valence-corrected chi connectivity index (χ4v) is 3.23. The van der Waals surface area contributed by atoms with Gasteiger partial charge in [-0.05, 0) is 55.2 Å². The smallest absolute Gasteiger partial charge is 0.122 e. The molecule has 1 atom stereocenters. The summed E-state index contributed by atoms with van der Waals surface area (Å²) in [6.45, 7) is 5.09. The van der Waals surface area contributed by atoms with E-state index in [1.54, 1.807) is 0 Å². The highest BCUT2D eigenvalue weighted by molar-refractivity contribution is 5.85. The number of nitrogens with two attached hydrogens (primary N) is 1. The van der Waals surface area contributed by atoms with Crippen LogP contribution in [0, 0.1) is 0 Å². The Morgan fingerprint density at radius 3 is 2.55 bits per heavy atom. The molecule has 1 saturated carbocycles. The van der Waals surface area contributed by atoms with E-state index in [-0.39, 0.29) is 18.4 Å². The second-order valence-electron chi connectivity index (χ2n) is 6.42. The van der Waals surface area contributed by atoms with Crippen molar-refractivity contribution in [1.82, 2.24) is 0 Å². The molecule has 0 aliphatic heterocycles. The van der Waals surface area contributed by atoms with Gasteiger partial charge in [0, 0.05) is 6.04 Å². The van der Waals surface area contributed by atoms with Crippen LogP contribution in [0.5, 0.6) is 5.75 Å². The molecule has 0 saturated heterocycles. The molecule has 22 heavy (non-hydrogen) atoms. The van der Waals surface area contributed by atoms with Crippen molar-refractivity contribution in [3.05, 3.63) is 29.3 Å². The molecule has 0 heterocycles. The van der Waals surface area contributed by atoms with Crippen LogP contribution in [0.2, 0.25) is 0 Å². The second-order valence-corrected chi connectivity index (χ2v) is 6.42. The first kappa shape index (κ1) is 19.3. The van der Waals surface area contributed by atoms with E-state index in [9.17, 15) is 0 Å². The lowest BCUT2D eigenvalue weighted by atomic mass is 9.83. The molecule has 1 aromatic carbocycles. The van der Waals surface area contributed by atoms with E-state index in [1.165, 1.54) is 43.2 Å². The molecule has 1 aliphatic rings. The monoisotopic (exact) mass is 325 g/mol. The Kier molecular flexibility index (Phi) is 8.89. The van der Waals surface area contributed by atoms with E-state index >= 15 is 0 Å². The number of hydrogen-bond acceptors (Lipinski definition) is 2. The highest BCUT2D eigenvalue weighted by Gasteiger charge is 2.17. The Morgan fingerprint density at radius 1 is 1.18 bits per heavy atom. The van der Waals surface area contributed by atoms with Crippen LogP contribution in [-0.4, -0.2) is 12.6 Å². The molecule has 2 rings (SSSR count). The van der Waals surface area contributed by atoms with E-state index in [2.05, 4.69) is 32.0 Å². The molecule has 1 aliphatic carbocycles. The van der Waals surface area contributed by atoms with Gasteiger partial charge in [-0.15, -0.1) is 12.4 Å². The normalized spacial score (nSPS) is 16.9. The maximum absolute atomic E-state index is 6.18. The van der Waals surface area contributed by atoms with Crippen molar-refractivity contribution in [2.75, 3.05) is 6.61 Å². The maximum Gasteiger partial charge on any atom is 0.122 e. The largest absolute Gasteiger partial charge is 0.493 e. The van der Waals surface area contributed by atoms with E-state index in [0.717, 1.165) is 37.5 Å². The summed E-state index contributed by atoms with van der Waals surface area (Å²) in [6, 6.07) is 7.06. The molecular formula is C19H32ClNO. The van der Waals surface area contributed by atoms with Crippen LogP contribution in [0.25, 0.3) is 0 Å². The third-order valence-electron chi connectivity index (χ3n) is 4.63. The van der Waals surface area contributed by atoms with Gasteiger partial charge in [-0.2, -0.15) is 0 Å². The molecular weight excluding hydrogens is 294 g/mol. The van der Waals surface area contributed by atoms with E-state index < -0.39 is 0 Å². The minimum Gasteiger partial charge on any atom is -0.493 e. The topological polar surface area (TPSA) is 35.2 Å². The fraction of sp³-hybridized carbons (Fsp3) is 0.684. The van der Waals surface area contributed by atoms with Crippen molar-refractivity contribution < 1.29 is 4.74 Å². The zero-order valence-electron chi connectivity index (χ0n) is 14.1. The SMILES string of the molecule is CCCOc1ccc(C2CCCCC2)cc1CC(N)CC.Cl. The van der Waals surface area contributed by atoms with Crippen LogP contribution in [0.15, 0.2) is 18.2 Å². The molecule has 2 nitrogen and oxygen atoms in total. The first-order valence-electron chi connectivity index (χ1n) is 8.75. The van der Waals surface area contributed by atoms with Crippen LogP contribution in [0.3, 0.4) is 0 Å². The number of ether oxygens (including phenoxy) is 1. The number of benzene rings is 1. The molecule has 1 fully saturated rings. The predicted octanol–water partition coefficient (Wildman–Crippen LogP) is 5.22. The molecule has 1 unspecified atom stereocenters. The molecule has 0 radical (unpaired) electrons. The summed E-state index contributed by atoms with van der Waals surface area (Å²) in [5.74, 6) is 1.79. The van der Waals surface area contributed by atoms with Crippen molar-refractivity contribution in [2.24, 2.45) is 5.73 Å². The van der Waals surface area contributed by atoms with Gasteiger partial charge in [0.2, 0.25) is 0 Å². The average molecular weight is 326 g/mol. The summed E-state index contributed by atoms with van der Waals surface area (Å²) < 4.78 is 5.92. The predicted molar refractivity (Wildman–Crippen MR) is 97.3 cm³/mol. The van der Waals surface area contributed by atoms with Crippen molar-refractivity contribution in [1.29, 1.82) is 0 Å². The Balaban J connectivity index is 0.00000242. The first-order chi connectivity index (χ1) is 10.2. The summed E-state index contributed by atoms with van der Waals surface area (Å²) in [5, 5.41) is 0. The Morgan fingerprint density at radius 2 is 1.91 bits per heavy atom. The second kappa shape index (κ2) is 10.1. The van der Waals surface area contributed by atoms with E-state index in [4.69, 9.17) is 10.5 Å². The van der Waals surface area contributed by atoms with E-state index in [1.807, 2.05) is 0 Å². The standard InChI is InChI=1S/C19H31NO.ClH/c1-3-12-21-19-11-10-16(15-8-6-5-7-9-15)13-17(19)14-18(20)4-2;/h10-11,13,15,18H,3-9,12,14,20H2,1-2H3;1H. The molecule has 3 heteroatoms. The van der Waals surface area contributed by atoms with Gasteiger partial charge < -0.3 is 10.5 Å².